The molecule has 1 aromatic rings. The number of hydrogen-bond donors (Lipinski definition) is 1. The molecule has 1 unspecified atom stereocenters. The zero-order chi connectivity index (χ0) is 18.3. The van der Waals surface area contributed by atoms with Crippen LogP contribution < -0.4 is 4.90 Å². The van der Waals surface area contributed by atoms with Crippen molar-refractivity contribution in [2.24, 2.45) is 5.41 Å². The lowest BCUT2D eigenvalue weighted by Gasteiger charge is -2.41. The van der Waals surface area contributed by atoms with Crippen molar-refractivity contribution in [1.29, 1.82) is 0 Å². The standard InChI is InChI=1S/C19H25F2N3O2/c20-13-10-16(21)17(22-11-13)23-8-1-6-19(12-23)7-9-24(18(19)26)14-2-4-15(25)5-3-14/h10-11,14-15,25H,1-9,12H2/t14-,15+,19?. The van der Waals surface area contributed by atoms with Crippen molar-refractivity contribution >= 4 is 11.7 Å². The number of carbonyl (C=O) groups excluding carboxylic acids is 1. The number of anilines is 1. The van der Waals surface area contributed by atoms with Crippen LogP contribution in [0.15, 0.2) is 12.3 Å². The number of rotatable bonds is 2. The minimum atomic E-state index is -0.694. The van der Waals surface area contributed by atoms with Gasteiger partial charge in [0, 0.05) is 31.7 Å². The third-order valence-corrected chi connectivity index (χ3v) is 6.32. The minimum Gasteiger partial charge on any atom is -0.393 e. The predicted molar refractivity (Wildman–Crippen MR) is 92.6 cm³/mol. The monoisotopic (exact) mass is 365 g/mol. The third-order valence-electron chi connectivity index (χ3n) is 6.32. The fourth-order valence-electron chi connectivity index (χ4n) is 4.90. The number of hydrogen-bond acceptors (Lipinski definition) is 4. The Bertz CT molecular complexity index is 693. The van der Waals surface area contributed by atoms with E-state index in [9.17, 15) is 18.7 Å². The average molecular weight is 365 g/mol. The molecule has 2 saturated heterocycles. The molecule has 1 aliphatic carbocycles. The van der Waals surface area contributed by atoms with Crippen LogP contribution in [0, 0.1) is 17.0 Å². The van der Waals surface area contributed by atoms with E-state index in [1.54, 1.807) is 4.90 Å². The second kappa shape index (κ2) is 6.76. The highest BCUT2D eigenvalue weighted by Gasteiger charge is 2.51. The fourth-order valence-corrected chi connectivity index (χ4v) is 4.90. The molecule has 0 radical (unpaired) electrons. The van der Waals surface area contributed by atoms with Crippen LogP contribution in [0.1, 0.15) is 44.9 Å². The first-order chi connectivity index (χ1) is 12.5. The van der Waals surface area contributed by atoms with Crippen LogP contribution in [0.3, 0.4) is 0 Å². The van der Waals surface area contributed by atoms with Gasteiger partial charge in [-0.05, 0) is 44.9 Å². The summed E-state index contributed by atoms with van der Waals surface area (Å²) >= 11 is 0. The van der Waals surface area contributed by atoms with Crippen LogP contribution in [0.5, 0.6) is 0 Å². The number of carbonyl (C=O) groups is 1. The molecule has 26 heavy (non-hydrogen) atoms. The first-order valence-electron chi connectivity index (χ1n) is 9.54. The van der Waals surface area contributed by atoms with Gasteiger partial charge in [-0.2, -0.15) is 0 Å². The Morgan fingerprint density at radius 3 is 2.65 bits per heavy atom. The zero-order valence-corrected chi connectivity index (χ0v) is 14.8. The van der Waals surface area contributed by atoms with E-state index in [1.807, 2.05) is 4.90 Å². The Morgan fingerprint density at radius 2 is 1.92 bits per heavy atom. The molecule has 0 aromatic carbocycles. The summed E-state index contributed by atoms with van der Waals surface area (Å²) in [4.78, 5) is 20.9. The van der Waals surface area contributed by atoms with Gasteiger partial charge in [-0.1, -0.05) is 0 Å². The SMILES string of the molecule is O=C1N([C@H]2CC[C@@H](O)CC2)CCC12CCCN(c1ncc(F)cc1F)C2. The fraction of sp³-hybridized carbons (Fsp3) is 0.684. The Balaban J connectivity index is 1.50. The van der Waals surface area contributed by atoms with Crippen LogP contribution in [-0.2, 0) is 4.79 Å². The van der Waals surface area contributed by atoms with Gasteiger partial charge < -0.3 is 14.9 Å². The largest absolute Gasteiger partial charge is 0.393 e. The number of aliphatic hydroxyl groups excluding tert-OH is 1. The molecule has 1 atom stereocenters. The van der Waals surface area contributed by atoms with Crippen LogP contribution in [0.2, 0.25) is 0 Å². The van der Waals surface area contributed by atoms with Crippen molar-refractivity contribution in [2.75, 3.05) is 24.5 Å². The quantitative estimate of drug-likeness (QED) is 0.875. The molecule has 1 amide bonds. The van der Waals surface area contributed by atoms with E-state index in [0.29, 0.717) is 13.1 Å². The summed E-state index contributed by atoms with van der Waals surface area (Å²) in [7, 11) is 0. The molecule has 142 valence electrons. The Morgan fingerprint density at radius 1 is 1.15 bits per heavy atom. The topological polar surface area (TPSA) is 56.7 Å². The lowest BCUT2D eigenvalue weighted by Crippen LogP contribution is -2.50. The van der Waals surface area contributed by atoms with E-state index in [2.05, 4.69) is 4.98 Å². The van der Waals surface area contributed by atoms with Crippen molar-refractivity contribution in [3.05, 3.63) is 23.9 Å². The second-order valence-electron chi connectivity index (χ2n) is 7.98. The Labute approximate surface area is 152 Å². The van der Waals surface area contributed by atoms with Crippen molar-refractivity contribution in [1.82, 2.24) is 9.88 Å². The summed E-state index contributed by atoms with van der Waals surface area (Å²) in [5.74, 6) is -1.07. The van der Waals surface area contributed by atoms with Crippen LogP contribution in [0.4, 0.5) is 14.6 Å². The molecule has 2 aliphatic heterocycles. The van der Waals surface area contributed by atoms with Gasteiger partial charge in [0.05, 0.1) is 17.7 Å². The van der Waals surface area contributed by atoms with E-state index >= 15 is 0 Å². The molecule has 3 fully saturated rings. The smallest absolute Gasteiger partial charge is 0.230 e. The van der Waals surface area contributed by atoms with Gasteiger partial charge in [0.15, 0.2) is 11.6 Å². The lowest BCUT2D eigenvalue weighted by atomic mass is 9.78. The van der Waals surface area contributed by atoms with Crippen molar-refractivity contribution < 1.29 is 18.7 Å². The van der Waals surface area contributed by atoms with Crippen molar-refractivity contribution in [2.45, 2.75) is 57.1 Å². The van der Waals surface area contributed by atoms with E-state index in [1.165, 1.54) is 0 Å². The maximum absolute atomic E-state index is 14.1. The van der Waals surface area contributed by atoms with Crippen LogP contribution >= 0.6 is 0 Å². The van der Waals surface area contributed by atoms with Crippen molar-refractivity contribution in [3.63, 3.8) is 0 Å². The van der Waals surface area contributed by atoms with E-state index < -0.39 is 17.0 Å². The number of amides is 1. The van der Waals surface area contributed by atoms with Gasteiger partial charge in [0.2, 0.25) is 5.91 Å². The molecule has 1 aromatic heterocycles. The minimum absolute atomic E-state index is 0.137. The summed E-state index contributed by atoms with van der Waals surface area (Å²) in [5.41, 5.74) is -0.489. The van der Waals surface area contributed by atoms with Gasteiger partial charge in [-0.3, -0.25) is 4.79 Å². The molecule has 3 aliphatic rings. The molecule has 3 heterocycles. The number of pyridine rings is 1. The molecule has 0 bridgehead atoms. The molecule has 4 rings (SSSR count). The van der Waals surface area contributed by atoms with Gasteiger partial charge in [0.1, 0.15) is 5.82 Å². The summed E-state index contributed by atoms with van der Waals surface area (Å²) in [5, 5.41) is 9.70. The number of likely N-dealkylation sites (tertiary alicyclic amines) is 1. The molecular weight excluding hydrogens is 340 g/mol. The predicted octanol–water partition coefficient (Wildman–Crippen LogP) is 2.48. The van der Waals surface area contributed by atoms with E-state index in [-0.39, 0.29) is 23.9 Å². The number of piperidine rings is 1. The molecule has 7 heteroatoms. The zero-order valence-electron chi connectivity index (χ0n) is 14.8. The number of aromatic nitrogens is 1. The molecule has 1 N–H and O–H groups in total. The first-order valence-corrected chi connectivity index (χ1v) is 9.54. The lowest BCUT2D eigenvalue weighted by molar-refractivity contribution is -0.139. The number of halogens is 2. The van der Waals surface area contributed by atoms with Crippen molar-refractivity contribution in [3.8, 4) is 0 Å². The van der Waals surface area contributed by atoms with Gasteiger partial charge in [-0.15, -0.1) is 0 Å². The summed E-state index contributed by atoms with van der Waals surface area (Å²) < 4.78 is 27.3. The van der Waals surface area contributed by atoms with Gasteiger partial charge >= 0.3 is 0 Å². The number of nitrogens with zero attached hydrogens (tertiary/aromatic N) is 3. The number of aliphatic hydroxyl groups is 1. The van der Waals surface area contributed by atoms with Gasteiger partial charge in [0.25, 0.3) is 0 Å². The normalized spacial score (nSPS) is 32.5. The van der Waals surface area contributed by atoms with Gasteiger partial charge in [-0.25, -0.2) is 13.8 Å². The van der Waals surface area contributed by atoms with E-state index in [0.717, 1.165) is 63.8 Å². The Kier molecular flexibility index (Phi) is 4.59. The third kappa shape index (κ3) is 3.06. The molecular formula is C19H25F2N3O2. The average Bonchev–Trinajstić information content (AvgIpc) is 2.92. The maximum Gasteiger partial charge on any atom is 0.230 e. The highest BCUT2D eigenvalue weighted by molar-refractivity contribution is 5.86. The molecule has 1 spiro atoms. The maximum atomic E-state index is 14.1. The first kappa shape index (κ1) is 17.6. The molecule has 1 saturated carbocycles. The summed E-state index contributed by atoms with van der Waals surface area (Å²) in [6.07, 6.45) is 6.34. The van der Waals surface area contributed by atoms with Crippen LogP contribution in [-0.4, -0.2) is 52.7 Å². The molecule has 5 nitrogen and oxygen atoms in total. The summed E-state index contributed by atoms with van der Waals surface area (Å²) in [6.45, 7) is 1.79. The van der Waals surface area contributed by atoms with E-state index in [4.69, 9.17) is 0 Å². The van der Waals surface area contributed by atoms with Crippen LogP contribution in [0.25, 0.3) is 0 Å². The summed E-state index contributed by atoms with van der Waals surface area (Å²) in [6, 6.07) is 1.06. The highest BCUT2D eigenvalue weighted by Crippen LogP contribution is 2.43. The highest BCUT2D eigenvalue weighted by atomic mass is 19.1. The second-order valence-corrected chi connectivity index (χ2v) is 7.98. The Hall–Kier alpha value is -1.76.